The van der Waals surface area contributed by atoms with Crippen LogP contribution >= 0.6 is 0 Å². The predicted octanol–water partition coefficient (Wildman–Crippen LogP) is 2.87. The maximum Gasteiger partial charge on any atom is 0.225 e. The van der Waals surface area contributed by atoms with Crippen molar-refractivity contribution in [1.29, 1.82) is 0 Å². The molecule has 5 nitrogen and oxygen atoms in total. The van der Waals surface area contributed by atoms with Gasteiger partial charge in [0.25, 0.3) is 0 Å². The number of hydrogen-bond acceptors (Lipinski definition) is 5. The van der Waals surface area contributed by atoms with E-state index in [2.05, 4.69) is 19.8 Å². The Balaban J connectivity index is 1.30. The van der Waals surface area contributed by atoms with Crippen LogP contribution in [-0.4, -0.2) is 53.7 Å². The summed E-state index contributed by atoms with van der Waals surface area (Å²) in [7, 11) is 0. The predicted molar refractivity (Wildman–Crippen MR) is 94.1 cm³/mol. The highest BCUT2D eigenvalue weighted by atomic mass is 19.2. The van der Waals surface area contributed by atoms with Gasteiger partial charge in [0.05, 0.1) is 19.0 Å². The second-order valence-electron chi connectivity index (χ2n) is 7.13. The molecule has 3 heterocycles. The average molecular weight is 378 g/mol. The fourth-order valence-electron chi connectivity index (χ4n) is 3.83. The Labute approximate surface area is 155 Å². The number of hydrogen-bond donors (Lipinski definition) is 0. The topological polar surface area (TPSA) is 41.5 Å². The van der Waals surface area contributed by atoms with Crippen molar-refractivity contribution in [3.05, 3.63) is 48.0 Å². The number of aromatic nitrogens is 2. The first-order valence-electron chi connectivity index (χ1n) is 9.13. The number of rotatable bonds is 4. The molecule has 4 rings (SSSR count). The van der Waals surface area contributed by atoms with Gasteiger partial charge in [-0.2, -0.15) is 0 Å². The molecule has 2 aromatic rings. The molecule has 2 aliphatic heterocycles. The van der Waals surface area contributed by atoms with Gasteiger partial charge in [-0.05, 0) is 25.0 Å². The summed E-state index contributed by atoms with van der Waals surface area (Å²) in [6.07, 6.45) is 4.41. The first kappa shape index (κ1) is 18.0. The van der Waals surface area contributed by atoms with Crippen molar-refractivity contribution < 1.29 is 17.9 Å². The minimum Gasteiger partial charge on any atom is -0.493 e. The molecule has 0 spiro atoms. The normalized spacial score (nSPS) is 23.1. The van der Waals surface area contributed by atoms with E-state index in [1.54, 1.807) is 0 Å². The number of fused-ring (bicyclic) bond motifs is 1. The minimum atomic E-state index is -0.893. The molecule has 1 aromatic heterocycles. The second-order valence-corrected chi connectivity index (χ2v) is 7.13. The Kier molecular flexibility index (Phi) is 5.15. The molecule has 27 heavy (non-hydrogen) atoms. The van der Waals surface area contributed by atoms with Gasteiger partial charge in [0.15, 0.2) is 17.5 Å². The van der Waals surface area contributed by atoms with E-state index in [4.69, 9.17) is 4.74 Å². The van der Waals surface area contributed by atoms with Crippen LogP contribution in [0.15, 0.2) is 30.6 Å². The molecule has 0 saturated carbocycles. The van der Waals surface area contributed by atoms with Crippen LogP contribution < -0.4 is 9.64 Å². The Morgan fingerprint density at radius 1 is 1.00 bits per heavy atom. The molecule has 0 unspecified atom stereocenters. The van der Waals surface area contributed by atoms with E-state index in [9.17, 15) is 13.2 Å². The maximum atomic E-state index is 13.3. The van der Waals surface area contributed by atoms with Crippen LogP contribution in [0.4, 0.5) is 19.1 Å². The SMILES string of the molecule is Fc1cnc(N2CCN3C[C@H](COc4ccc(F)c(F)c4)CC[C@H]3C2)nc1. The van der Waals surface area contributed by atoms with Crippen LogP contribution in [-0.2, 0) is 0 Å². The van der Waals surface area contributed by atoms with Crippen LogP contribution in [0, 0.1) is 23.4 Å². The molecule has 2 fully saturated rings. The molecule has 0 bridgehead atoms. The molecule has 0 amide bonds. The highest BCUT2D eigenvalue weighted by Crippen LogP contribution is 2.27. The third kappa shape index (κ3) is 4.16. The van der Waals surface area contributed by atoms with E-state index < -0.39 is 17.5 Å². The molecule has 2 atom stereocenters. The van der Waals surface area contributed by atoms with E-state index in [1.807, 2.05) is 0 Å². The van der Waals surface area contributed by atoms with Crippen LogP contribution in [0.25, 0.3) is 0 Å². The molecule has 0 radical (unpaired) electrons. The molecule has 2 saturated heterocycles. The Morgan fingerprint density at radius 2 is 1.81 bits per heavy atom. The van der Waals surface area contributed by atoms with Crippen molar-refractivity contribution >= 4 is 5.95 Å². The zero-order valence-electron chi connectivity index (χ0n) is 14.8. The number of ether oxygens (including phenoxy) is 1. The van der Waals surface area contributed by atoms with E-state index in [0.29, 0.717) is 30.3 Å². The summed E-state index contributed by atoms with van der Waals surface area (Å²) in [6, 6.07) is 4.03. The second kappa shape index (κ2) is 7.72. The monoisotopic (exact) mass is 378 g/mol. The van der Waals surface area contributed by atoms with Gasteiger partial charge in [0.2, 0.25) is 5.95 Å². The van der Waals surface area contributed by atoms with Gasteiger partial charge in [-0.25, -0.2) is 23.1 Å². The molecule has 2 aliphatic rings. The fourth-order valence-corrected chi connectivity index (χ4v) is 3.83. The summed E-state index contributed by atoms with van der Waals surface area (Å²) in [6.45, 7) is 3.89. The van der Waals surface area contributed by atoms with Crippen molar-refractivity contribution in [2.75, 3.05) is 37.7 Å². The van der Waals surface area contributed by atoms with Gasteiger partial charge in [0, 0.05) is 44.2 Å². The van der Waals surface area contributed by atoms with Crippen LogP contribution in [0.1, 0.15) is 12.8 Å². The molecule has 144 valence electrons. The summed E-state index contributed by atoms with van der Waals surface area (Å²) in [5.74, 6) is -0.919. The van der Waals surface area contributed by atoms with Gasteiger partial charge in [0.1, 0.15) is 5.75 Å². The lowest BCUT2D eigenvalue weighted by Gasteiger charge is -2.46. The van der Waals surface area contributed by atoms with Gasteiger partial charge < -0.3 is 9.64 Å². The molecule has 8 heteroatoms. The third-order valence-corrected chi connectivity index (χ3v) is 5.27. The van der Waals surface area contributed by atoms with E-state index in [1.165, 1.54) is 18.5 Å². The standard InChI is InChI=1S/C19H21F3N4O/c20-14-8-23-19(24-9-14)26-6-5-25-10-13(1-2-15(25)11-26)12-27-16-3-4-17(21)18(22)7-16/h3-4,7-9,13,15H,1-2,5-6,10-12H2/t13-,15+/m1/s1. The highest BCUT2D eigenvalue weighted by Gasteiger charge is 2.33. The van der Waals surface area contributed by atoms with Crippen molar-refractivity contribution in [3.8, 4) is 5.75 Å². The van der Waals surface area contributed by atoms with Crippen LogP contribution in [0.3, 0.4) is 0 Å². The largest absolute Gasteiger partial charge is 0.493 e. The summed E-state index contributed by atoms with van der Waals surface area (Å²) in [4.78, 5) is 12.7. The number of anilines is 1. The van der Waals surface area contributed by atoms with Gasteiger partial charge in [-0.15, -0.1) is 0 Å². The number of benzene rings is 1. The number of halogens is 3. The smallest absolute Gasteiger partial charge is 0.225 e. The summed E-state index contributed by atoms with van der Waals surface area (Å²) >= 11 is 0. The summed E-state index contributed by atoms with van der Waals surface area (Å²) in [5.41, 5.74) is 0. The Bertz CT molecular complexity index is 789. The lowest BCUT2D eigenvalue weighted by molar-refractivity contribution is 0.0724. The number of piperazine rings is 1. The Hall–Kier alpha value is -2.35. The number of piperidine rings is 1. The lowest BCUT2D eigenvalue weighted by Crippen LogP contribution is -2.57. The van der Waals surface area contributed by atoms with Gasteiger partial charge >= 0.3 is 0 Å². The average Bonchev–Trinajstić information content (AvgIpc) is 2.69. The molecular weight excluding hydrogens is 357 g/mol. The quantitative estimate of drug-likeness (QED) is 0.818. The fraction of sp³-hybridized carbons (Fsp3) is 0.474. The van der Waals surface area contributed by atoms with Gasteiger partial charge in [-0.3, -0.25) is 4.90 Å². The molecule has 0 N–H and O–H groups in total. The first-order chi connectivity index (χ1) is 13.1. The lowest BCUT2D eigenvalue weighted by atomic mass is 9.91. The van der Waals surface area contributed by atoms with E-state index >= 15 is 0 Å². The summed E-state index contributed by atoms with van der Waals surface area (Å²) in [5, 5.41) is 0. The van der Waals surface area contributed by atoms with Crippen molar-refractivity contribution in [2.24, 2.45) is 5.92 Å². The molecular formula is C19H21F3N4O. The number of nitrogens with zero attached hydrogens (tertiary/aromatic N) is 4. The van der Waals surface area contributed by atoms with E-state index in [-0.39, 0.29) is 0 Å². The van der Waals surface area contributed by atoms with Gasteiger partial charge in [-0.1, -0.05) is 0 Å². The Morgan fingerprint density at radius 3 is 2.59 bits per heavy atom. The van der Waals surface area contributed by atoms with Crippen LogP contribution in [0.2, 0.25) is 0 Å². The van der Waals surface area contributed by atoms with Crippen molar-refractivity contribution in [1.82, 2.24) is 14.9 Å². The van der Waals surface area contributed by atoms with E-state index in [0.717, 1.165) is 51.2 Å². The van der Waals surface area contributed by atoms with Crippen molar-refractivity contribution in [3.63, 3.8) is 0 Å². The van der Waals surface area contributed by atoms with Crippen molar-refractivity contribution in [2.45, 2.75) is 18.9 Å². The third-order valence-electron chi connectivity index (χ3n) is 5.27. The molecule has 0 aliphatic carbocycles. The zero-order chi connectivity index (χ0) is 18.8. The first-order valence-corrected chi connectivity index (χ1v) is 9.13. The molecule has 1 aromatic carbocycles. The van der Waals surface area contributed by atoms with Crippen LogP contribution in [0.5, 0.6) is 5.75 Å². The highest BCUT2D eigenvalue weighted by molar-refractivity contribution is 5.30. The minimum absolute atomic E-state index is 0.350. The summed E-state index contributed by atoms with van der Waals surface area (Å²) < 4.78 is 44.9. The maximum absolute atomic E-state index is 13.3. The zero-order valence-corrected chi connectivity index (χ0v) is 14.8.